The second kappa shape index (κ2) is 5.93. The molecule has 1 unspecified atom stereocenters. The molecule has 1 saturated heterocycles. The molecule has 0 aliphatic carbocycles. The Labute approximate surface area is 120 Å². The van der Waals surface area contributed by atoms with E-state index in [9.17, 15) is 13.6 Å². The number of benzene rings is 1. The summed E-state index contributed by atoms with van der Waals surface area (Å²) in [6.45, 7) is -0.314. The van der Waals surface area contributed by atoms with E-state index in [0.29, 0.717) is 5.69 Å². The number of amides is 1. The van der Waals surface area contributed by atoms with Gasteiger partial charge < -0.3 is 15.4 Å². The van der Waals surface area contributed by atoms with Crippen LogP contribution in [0.25, 0.3) is 0 Å². The van der Waals surface area contributed by atoms with Crippen molar-refractivity contribution in [3.05, 3.63) is 23.2 Å². The minimum atomic E-state index is -2.94. The van der Waals surface area contributed by atoms with Gasteiger partial charge in [0.25, 0.3) is 0 Å². The maximum Gasteiger partial charge on any atom is 0.387 e. The molecule has 2 N–H and O–H groups in total. The maximum absolute atomic E-state index is 12.1. The Balaban J connectivity index is 2.06. The fourth-order valence-electron chi connectivity index (χ4n) is 2.13. The van der Waals surface area contributed by atoms with E-state index in [1.165, 1.54) is 18.2 Å². The zero-order chi connectivity index (χ0) is 14.8. The lowest BCUT2D eigenvalue weighted by Crippen LogP contribution is -2.47. The molecule has 1 aliphatic rings. The summed E-state index contributed by atoms with van der Waals surface area (Å²) in [6, 6.07) is 4.16. The third-order valence-corrected chi connectivity index (χ3v) is 3.57. The van der Waals surface area contributed by atoms with Crippen LogP contribution in [0.3, 0.4) is 0 Å². The highest BCUT2D eigenvalue weighted by Crippen LogP contribution is 2.29. The molecule has 1 aliphatic heterocycles. The third kappa shape index (κ3) is 3.37. The van der Waals surface area contributed by atoms with Crippen LogP contribution in [0.2, 0.25) is 5.02 Å². The van der Waals surface area contributed by atoms with Crippen LogP contribution in [0, 0.1) is 0 Å². The molecule has 1 aromatic carbocycles. The second-order valence-corrected chi connectivity index (χ2v) is 5.25. The SMILES string of the molecule is CC1(C(=O)Nc2ccc(OC(F)F)c(Cl)c2)CCCN1. The van der Waals surface area contributed by atoms with Crippen LogP contribution < -0.4 is 15.4 Å². The van der Waals surface area contributed by atoms with Crippen LogP contribution in [0.5, 0.6) is 5.75 Å². The van der Waals surface area contributed by atoms with Gasteiger partial charge in [-0.2, -0.15) is 8.78 Å². The minimum absolute atomic E-state index is 0.0210. The summed E-state index contributed by atoms with van der Waals surface area (Å²) in [5.74, 6) is -0.293. The molecular formula is C13H15ClF2N2O2. The first-order valence-electron chi connectivity index (χ1n) is 6.21. The molecule has 0 spiro atoms. The molecule has 1 aromatic rings. The molecule has 1 fully saturated rings. The van der Waals surface area contributed by atoms with E-state index in [4.69, 9.17) is 11.6 Å². The third-order valence-electron chi connectivity index (χ3n) is 3.28. The number of hydrogen-bond acceptors (Lipinski definition) is 3. The Kier molecular flexibility index (Phi) is 4.45. The topological polar surface area (TPSA) is 50.4 Å². The zero-order valence-electron chi connectivity index (χ0n) is 10.9. The highest BCUT2D eigenvalue weighted by atomic mass is 35.5. The highest BCUT2D eigenvalue weighted by molar-refractivity contribution is 6.32. The Hall–Kier alpha value is -1.40. The zero-order valence-corrected chi connectivity index (χ0v) is 11.6. The predicted octanol–water partition coefficient (Wildman–Crippen LogP) is 3.02. The summed E-state index contributed by atoms with van der Waals surface area (Å²) in [5, 5.41) is 5.87. The summed E-state index contributed by atoms with van der Waals surface area (Å²) in [7, 11) is 0. The number of carbonyl (C=O) groups is 1. The molecule has 0 bridgehead atoms. The Morgan fingerprint density at radius 3 is 2.85 bits per heavy atom. The lowest BCUT2D eigenvalue weighted by atomic mass is 9.99. The van der Waals surface area contributed by atoms with Crippen molar-refractivity contribution in [1.82, 2.24) is 5.32 Å². The van der Waals surface area contributed by atoms with E-state index in [-0.39, 0.29) is 16.7 Å². The molecule has 0 saturated carbocycles. The number of hydrogen-bond donors (Lipinski definition) is 2. The smallest absolute Gasteiger partial charge is 0.387 e. The first kappa shape index (κ1) is 15.0. The van der Waals surface area contributed by atoms with Gasteiger partial charge in [0, 0.05) is 5.69 Å². The quantitative estimate of drug-likeness (QED) is 0.899. The first-order chi connectivity index (χ1) is 9.40. The van der Waals surface area contributed by atoms with E-state index in [2.05, 4.69) is 15.4 Å². The number of ether oxygens (including phenoxy) is 1. The largest absolute Gasteiger partial charge is 0.433 e. The Morgan fingerprint density at radius 1 is 1.55 bits per heavy atom. The molecule has 4 nitrogen and oxygen atoms in total. The molecule has 1 atom stereocenters. The van der Waals surface area contributed by atoms with Gasteiger partial charge in [0.15, 0.2) is 0 Å². The number of carbonyl (C=O) groups excluding carboxylic acids is 1. The lowest BCUT2D eigenvalue weighted by Gasteiger charge is -2.23. The Morgan fingerprint density at radius 2 is 2.30 bits per heavy atom. The van der Waals surface area contributed by atoms with E-state index < -0.39 is 12.2 Å². The van der Waals surface area contributed by atoms with Crippen LogP contribution in [0.15, 0.2) is 18.2 Å². The molecule has 110 valence electrons. The standard InChI is InChI=1S/C13H15ClF2N2O2/c1-13(5-2-6-17-13)11(19)18-8-3-4-10(9(14)7-8)20-12(15)16/h3-4,7,12,17H,2,5-6H2,1H3,(H,18,19). The monoisotopic (exact) mass is 304 g/mol. The second-order valence-electron chi connectivity index (χ2n) is 4.84. The number of alkyl halides is 2. The van der Waals surface area contributed by atoms with Crippen LogP contribution in [0.4, 0.5) is 14.5 Å². The summed E-state index contributed by atoms with van der Waals surface area (Å²) in [4.78, 5) is 12.1. The van der Waals surface area contributed by atoms with E-state index in [1.807, 2.05) is 6.92 Å². The molecular weight excluding hydrogens is 290 g/mol. The van der Waals surface area contributed by atoms with Crippen LogP contribution >= 0.6 is 11.6 Å². The molecule has 1 amide bonds. The van der Waals surface area contributed by atoms with E-state index in [1.54, 1.807) is 0 Å². The summed E-state index contributed by atoms with van der Waals surface area (Å²) in [6.07, 6.45) is 1.69. The van der Waals surface area contributed by atoms with Crippen molar-refractivity contribution in [3.63, 3.8) is 0 Å². The summed E-state index contributed by atoms with van der Waals surface area (Å²) in [5.41, 5.74) is -0.165. The van der Waals surface area contributed by atoms with Gasteiger partial charge in [-0.15, -0.1) is 0 Å². The van der Waals surface area contributed by atoms with Crippen molar-refractivity contribution in [2.45, 2.75) is 31.9 Å². The molecule has 0 aromatic heterocycles. The van der Waals surface area contributed by atoms with Gasteiger partial charge in [0.2, 0.25) is 5.91 Å². The van der Waals surface area contributed by atoms with Crippen molar-refractivity contribution < 1.29 is 18.3 Å². The number of rotatable bonds is 4. The average Bonchev–Trinajstić information content (AvgIpc) is 2.81. The van der Waals surface area contributed by atoms with Crippen LogP contribution in [-0.2, 0) is 4.79 Å². The molecule has 1 heterocycles. The average molecular weight is 305 g/mol. The minimum Gasteiger partial charge on any atom is -0.433 e. The number of nitrogens with one attached hydrogen (secondary N) is 2. The van der Waals surface area contributed by atoms with Crippen LogP contribution in [-0.4, -0.2) is 24.6 Å². The fourth-order valence-corrected chi connectivity index (χ4v) is 2.35. The van der Waals surface area contributed by atoms with Crippen molar-refractivity contribution in [2.75, 3.05) is 11.9 Å². The lowest BCUT2D eigenvalue weighted by molar-refractivity contribution is -0.121. The summed E-state index contributed by atoms with van der Waals surface area (Å²) >= 11 is 5.83. The predicted molar refractivity (Wildman–Crippen MR) is 72.4 cm³/mol. The van der Waals surface area contributed by atoms with Crippen molar-refractivity contribution in [1.29, 1.82) is 0 Å². The van der Waals surface area contributed by atoms with E-state index >= 15 is 0 Å². The van der Waals surface area contributed by atoms with Crippen molar-refractivity contribution >= 4 is 23.2 Å². The molecule has 7 heteroatoms. The fraction of sp³-hybridized carbons (Fsp3) is 0.462. The van der Waals surface area contributed by atoms with Crippen molar-refractivity contribution in [3.8, 4) is 5.75 Å². The van der Waals surface area contributed by atoms with Gasteiger partial charge >= 0.3 is 6.61 Å². The molecule has 20 heavy (non-hydrogen) atoms. The maximum atomic E-state index is 12.1. The number of anilines is 1. The Bertz CT molecular complexity index is 505. The van der Waals surface area contributed by atoms with Gasteiger partial charge in [-0.05, 0) is 44.5 Å². The normalized spacial score (nSPS) is 22.1. The molecule has 0 radical (unpaired) electrons. The number of halogens is 3. The first-order valence-corrected chi connectivity index (χ1v) is 6.59. The van der Waals surface area contributed by atoms with Gasteiger partial charge in [-0.1, -0.05) is 11.6 Å². The van der Waals surface area contributed by atoms with Gasteiger partial charge in [0.1, 0.15) is 5.75 Å². The molecule has 2 rings (SSSR count). The van der Waals surface area contributed by atoms with Gasteiger partial charge in [-0.3, -0.25) is 4.79 Å². The van der Waals surface area contributed by atoms with Crippen LogP contribution in [0.1, 0.15) is 19.8 Å². The van der Waals surface area contributed by atoms with Gasteiger partial charge in [-0.25, -0.2) is 0 Å². The van der Waals surface area contributed by atoms with Crippen molar-refractivity contribution in [2.24, 2.45) is 0 Å². The van der Waals surface area contributed by atoms with Gasteiger partial charge in [0.05, 0.1) is 10.6 Å². The highest BCUT2D eigenvalue weighted by Gasteiger charge is 2.35. The van der Waals surface area contributed by atoms with E-state index in [0.717, 1.165) is 19.4 Å². The summed E-state index contributed by atoms with van der Waals surface area (Å²) < 4.78 is 28.4.